The second-order valence-electron chi connectivity index (χ2n) is 8.04. The van der Waals surface area contributed by atoms with Gasteiger partial charge in [0.25, 0.3) is 11.8 Å². The molecule has 152 valence electrons. The summed E-state index contributed by atoms with van der Waals surface area (Å²) >= 11 is 0. The SMILES string of the molecule is Cc1cccc2c1C(=O)N(c1ccc(CC(NOC(C)(C)C)C(=O)O)cc1)C2=O. The Labute approximate surface area is 169 Å². The highest BCUT2D eigenvalue weighted by Gasteiger charge is 2.37. The lowest BCUT2D eigenvalue weighted by atomic mass is 10.0. The normalized spacial score (nSPS) is 14.8. The standard InChI is InChI=1S/C22H24N2O5/c1-13-6-5-7-16-18(13)20(26)24(19(16)25)15-10-8-14(9-11-15)12-17(21(27)28)23-29-22(2,3)4/h5-11,17,23H,12H2,1-4H3,(H,27,28). The molecule has 0 saturated heterocycles. The second kappa shape index (κ2) is 7.77. The number of benzene rings is 2. The average Bonchev–Trinajstić information content (AvgIpc) is 2.90. The number of aliphatic carboxylic acids is 1. The lowest BCUT2D eigenvalue weighted by Crippen LogP contribution is -2.42. The van der Waals surface area contributed by atoms with E-state index in [4.69, 9.17) is 4.84 Å². The summed E-state index contributed by atoms with van der Waals surface area (Å²) in [6.45, 7) is 7.25. The molecular formula is C22H24N2O5. The summed E-state index contributed by atoms with van der Waals surface area (Å²) in [5, 5.41) is 9.41. The summed E-state index contributed by atoms with van der Waals surface area (Å²) in [5.74, 6) is -1.74. The van der Waals surface area contributed by atoms with Crippen molar-refractivity contribution in [3.05, 3.63) is 64.7 Å². The van der Waals surface area contributed by atoms with Gasteiger partial charge in [0, 0.05) is 6.42 Å². The third-order valence-electron chi connectivity index (χ3n) is 4.56. The number of hydrogen-bond acceptors (Lipinski definition) is 5. The number of amides is 2. The molecule has 2 N–H and O–H groups in total. The Morgan fingerprint density at radius 1 is 1.10 bits per heavy atom. The van der Waals surface area contributed by atoms with Gasteiger partial charge in [-0.1, -0.05) is 24.3 Å². The largest absolute Gasteiger partial charge is 0.480 e. The van der Waals surface area contributed by atoms with Crippen LogP contribution in [0.4, 0.5) is 5.69 Å². The van der Waals surface area contributed by atoms with Gasteiger partial charge in [-0.2, -0.15) is 5.48 Å². The lowest BCUT2D eigenvalue weighted by molar-refractivity contribution is -0.150. The number of carboxylic acids is 1. The fraction of sp³-hybridized carbons (Fsp3) is 0.318. The van der Waals surface area contributed by atoms with E-state index in [0.29, 0.717) is 16.8 Å². The Balaban J connectivity index is 1.77. The summed E-state index contributed by atoms with van der Waals surface area (Å²) in [7, 11) is 0. The van der Waals surface area contributed by atoms with Crippen LogP contribution in [-0.2, 0) is 16.1 Å². The van der Waals surface area contributed by atoms with Crippen LogP contribution in [0.25, 0.3) is 0 Å². The molecule has 0 spiro atoms. The Hall–Kier alpha value is -3.03. The van der Waals surface area contributed by atoms with Gasteiger partial charge in [0.2, 0.25) is 0 Å². The summed E-state index contributed by atoms with van der Waals surface area (Å²) in [5.41, 5.74) is 4.83. The van der Waals surface area contributed by atoms with Crippen molar-refractivity contribution in [2.24, 2.45) is 0 Å². The number of imide groups is 1. The van der Waals surface area contributed by atoms with Crippen LogP contribution < -0.4 is 10.4 Å². The third kappa shape index (κ3) is 4.36. The minimum absolute atomic E-state index is 0.187. The van der Waals surface area contributed by atoms with Crippen molar-refractivity contribution in [1.82, 2.24) is 5.48 Å². The highest BCUT2D eigenvalue weighted by molar-refractivity contribution is 6.34. The smallest absolute Gasteiger partial charge is 0.323 e. The molecule has 2 amide bonds. The molecular weight excluding hydrogens is 372 g/mol. The van der Waals surface area contributed by atoms with Crippen LogP contribution in [0.3, 0.4) is 0 Å². The zero-order chi connectivity index (χ0) is 21.3. The van der Waals surface area contributed by atoms with Gasteiger partial charge in [0.15, 0.2) is 0 Å². The number of anilines is 1. The maximum absolute atomic E-state index is 12.8. The fourth-order valence-corrected chi connectivity index (χ4v) is 3.13. The molecule has 0 fully saturated rings. The molecule has 2 aromatic rings. The van der Waals surface area contributed by atoms with Crippen molar-refractivity contribution in [2.75, 3.05) is 4.90 Å². The molecule has 7 heteroatoms. The number of carbonyl (C=O) groups is 3. The monoisotopic (exact) mass is 396 g/mol. The first-order valence-corrected chi connectivity index (χ1v) is 9.32. The summed E-state index contributed by atoms with van der Waals surface area (Å²) in [6, 6.07) is 11.0. The molecule has 0 bridgehead atoms. The van der Waals surface area contributed by atoms with Gasteiger partial charge < -0.3 is 5.11 Å². The van der Waals surface area contributed by atoms with Crippen LogP contribution >= 0.6 is 0 Å². The third-order valence-corrected chi connectivity index (χ3v) is 4.56. The number of carboxylic acid groups (broad SMARTS) is 1. The molecule has 2 aromatic carbocycles. The van der Waals surface area contributed by atoms with E-state index >= 15 is 0 Å². The summed E-state index contributed by atoms with van der Waals surface area (Å²) in [4.78, 5) is 43.5. The molecule has 0 aliphatic carbocycles. The van der Waals surface area contributed by atoms with Crippen LogP contribution in [0.15, 0.2) is 42.5 Å². The van der Waals surface area contributed by atoms with E-state index < -0.39 is 17.6 Å². The molecule has 7 nitrogen and oxygen atoms in total. The Kier molecular flexibility index (Phi) is 5.55. The van der Waals surface area contributed by atoms with Gasteiger partial charge in [-0.3, -0.25) is 19.2 Å². The molecule has 0 aromatic heterocycles. The number of carbonyl (C=O) groups excluding carboxylic acids is 2. The minimum Gasteiger partial charge on any atom is -0.480 e. The predicted octanol–water partition coefficient (Wildman–Crippen LogP) is 3.11. The molecule has 1 aliphatic rings. The first-order valence-electron chi connectivity index (χ1n) is 9.32. The number of rotatable bonds is 6. The molecule has 0 saturated carbocycles. The molecule has 1 atom stereocenters. The first-order chi connectivity index (χ1) is 13.6. The highest BCUT2D eigenvalue weighted by Crippen LogP contribution is 2.30. The topological polar surface area (TPSA) is 95.9 Å². The zero-order valence-electron chi connectivity index (χ0n) is 16.9. The van der Waals surface area contributed by atoms with Crippen molar-refractivity contribution in [3.63, 3.8) is 0 Å². The molecule has 1 aliphatic heterocycles. The summed E-state index contributed by atoms with van der Waals surface area (Å²) in [6.07, 6.45) is 0.187. The van der Waals surface area contributed by atoms with Gasteiger partial charge in [0.05, 0.1) is 22.4 Å². The van der Waals surface area contributed by atoms with E-state index in [2.05, 4.69) is 5.48 Å². The van der Waals surface area contributed by atoms with Crippen molar-refractivity contribution in [2.45, 2.75) is 45.8 Å². The quantitative estimate of drug-likeness (QED) is 0.575. The van der Waals surface area contributed by atoms with Crippen LogP contribution in [0, 0.1) is 6.92 Å². The van der Waals surface area contributed by atoms with Gasteiger partial charge >= 0.3 is 5.97 Å². The second-order valence-corrected chi connectivity index (χ2v) is 8.04. The molecule has 29 heavy (non-hydrogen) atoms. The fourth-order valence-electron chi connectivity index (χ4n) is 3.13. The van der Waals surface area contributed by atoms with E-state index in [1.54, 1.807) is 49.4 Å². The molecule has 3 rings (SSSR count). The van der Waals surface area contributed by atoms with Crippen LogP contribution in [0.1, 0.15) is 52.6 Å². The summed E-state index contributed by atoms with van der Waals surface area (Å²) < 4.78 is 0. The number of hydrogen-bond donors (Lipinski definition) is 2. The Morgan fingerprint density at radius 3 is 2.31 bits per heavy atom. The maximum Gasteiger partial charge on any atom is 0.323 e. The lowest BCUT2D eigenvalue weighted by Gasteiger charge is -2.23. The van der Waals surface area contributed by atoms with Gasteiger partial charge in [-0.15, -0.1) is 0 Å². The molecule has 1 unspecified atom stereocenters. The average molecular weight is 396 g/mol. The molecule has 1 heterocycles. The zero-order valence-corrected chi connectivity index (χ0v) is 16.9. The predicted molar refractivity (Wildman–Crippen MR) is 108 cm³/mol. The maximum atomic E-state index is 12.8. The van der Waals surface area contributed by atoms with Crippen LogP contribution in [0.2, 0.25) is 0 Å². The number of aryl methyl sites for hydroxylation is 1. The van der Waals surface area contributed by atoms with Crippen molar-refractivity contribution < 1.29 is 24.3 Å². The van der Waals surface area contributed by atoms with E-state index in [0.717, 1.165) is 16.0 Å². The number of fused-ring (bicyclic) bond motifs is 1. The van der Waals surface area contributed by atoms with Crippen LogP contribution in [-0.4, -0.2) is 34.5 Å². The van der Waals surface area contributed by atoms with Crippen molar-refractivity contribution in [1.29, 1.82) is 0 Å². The van der Waals surface area contributed by atoms with E-state index in [-0.39, 0.29) is 18.2 Å². The van der Waals surface area contributed by atoms with Crippen molar-refractivity contribution in [3.8, 4) is 0 Å². The van der Waals surface area contributed by atoms with E-state index in [1.807, 2.05) is 20.8 Å². The van der Waals surface area contributed by atoms with Gasteiger partial charge in [0.1, 0.15) is 6.04 Å². The van der Waals surface area contributed by atoms with Gasteiger partial charge in [-0.25, -0.2) is 4.90 Å². The number of hydroxylamine groups is 1. The molecule has 0 radical (unpaired) electrons. The first kappa shape index (κ1) is 20.7. The highest BCUT2D eigenvalue weighted by atomic mass is 16.7. The number of nitrogens with one attached hydrogen (secondary N) is 1. The van der Waals surface area contributed by atoms with E-state index in [1.165, 1.54) is 0 Å². The van der Waals surface area contributed by atoms with E-state index in [9.17, 15) is 19.5 Å². The number of nitrogens with zero attached hydrogens (tertiary/aromatic N) is 1. The minimum atomic E-state index is -1.03. The Morgan fingerprint density at radius 2 is 1.76 bits per heavy atom. The van der Waals surface area contributed by atoms with Gasteiger partial charge in [-0.05, 0) is 57.0 Å². The Bertz CT molecular complexity index is 960. The van der Waals surface area contributed by atoms with Crippen LogP contribution in [0.5, 0.6) is 0 Å². The van der Waals surface area contributed by atoms with Crippen molar-refractivity contribution >= 4 is 23.5 Å².